The molecule has 1 N–H and O–H groups in total. The number of para-hydroxylation sites is 1. The van der Waals surface area contributed by atoms with E-state index in [2.05, 4.69) is 39.3 Å². The van der Waals surface area contributed by atoms with Crippen molar-refractivity contribution in [3.63, 3.8) is 0 Å². The number of nitrogens with one attached hydrogen (secondary N) is 1. The summed E-state index contributed by atoms with van der Waals surface area (Å²) in [6, 6.07) is 8.22. The largest absolute Gasteiger partial charge is 0.372 e. The number of fused-ring (bicyclic) bond motifs is 2. The minimum atomic E-state index is -0.119. The van der Waals surface area contributed by atoms with Gasteiger partial charge < -0.3 is 14.6 Å². The number of imidazole rings is 1. The zero-order valence-electron chi connectivity index (χ0n) is 14.4. The molecule has 4 rings (SSSR count). The summed E-state index contributed by atoms with van der Waals surface area (Å²) in [6.45, 7) is 3.19. The molecule has 2 aromatic heterocycles. The van der Waals surface area contributed by atoms with Gasteiger partial charge in [-0.15, -0.1) is 11.3 Å². The molecule has 25 heavy (non-hydrogen) atoms. The molecule has 0 saturated carbocycles. The lowest BCUT2D eigenvalue weighted by atomic mass is 10.1. The van der Waals surface area contributed by atoms with Crippen molar-refractivity contribution in [3.8, 4) is 0 Å². The van der Waals surface area contributed by atoms with Crippen molar-refractivity contribution in [3.05, 3.63) is 51.5 Å². The van der Waals surface area contributed by atoms with Crippen LogP contribution in [0.1, 0.15) is 34.4 Å². The van der Waals surface area contributed by atoms with E-state index >= 15 is 0 Å². The normalized spacial score (nSPS) is 16.8. The van der Waals surface area contributed by atoms with Gasteiger partial charge in [-0.1, -0.05) is 12.1 Å². The Hall–Kier alpha value is -2.18. The molecule has 3 aromatic rings. The number of nitrogens with zero attached hydrogens (tertiary/aromatic N) is 2. The SMILES string of the molecule is Cc1cccc2nc(CNC(=O)C[C@H]3OCCc4ccsc43)n(C)c12. The number of benzene rings is 1. The van der Waals surface area contributed by atoms with Crippen LogP contribution in [0, 0.1) is 6.92 Å². The molecule has 130 valence electrons. The van der Waals surface area contributed by atoms with Crippen LogP contribution in [0.2, 0.25) is 0 Å². The van der Waals surface area contributed by atoms with Gasteiger partial charge in [0.15, 0.2) is 0 Å². The van der Waals surface area contributed by atoms with Crippen LogP contribution < -0.4 is 5.32 Å². The highest BCUT2D eigenvalue weighted by atomic mass is 32.1. The van der Waals surface area contributed by atoms with Crippen molar-refractivity contribution < 1.29 is 9.53 Å². The number of amides is 1. The number of hydrogen-bond acceptors (Lipinski definition) is 4. The van der Waals surface area contributed by atoms with E-state index in [1.165, 1.54) is 16.0 Å². The van der Waals surface area contributed by atoms with Crippen LogP contribution in [0.3, 0.4) is 0 Å². The fourth-order valence-electron chi connectivity index (χ4n) is 3.46. The Morgan fingerprint density at radius 3 is 3.16 bits per heavy atom. The lowest BCUT2D eigenvalue weighted by Crippen LogP contribution is -2.27. The van der Waals surface area contributed by atoms with Gasteiger partial charge in [0.05, 0.1) is 30.6 Å². The summed E-state index contributed by atoms with van der Waals surface area (Å²) in [6.07, 6.45) is 1.18. The Balaban J connectivity index is 1.43. The summed E-state index contributed by atoms with van der Waals surface area (Å²) < 4.78 is 7.86. The summed E-state index contributed by atoms with van der Waals surface area (Å²) in [7, 11) is 1.99. The van der Waals surface area contributed by atoms with E-state index in [1.54, 1.807) is 11.3 Å². The van der Waals surface area contributed by atoms with Crippen molar-refractivity contribution in [2.45, 2.75) is 32.4 Å². The van der Waals surface area contributed by atoms with Gasteiger partial charge in [-0.25, -0.2) is 4.98 Å². The van der Waals surface area contributed by atoms with E-state index in [9.17, 15) is 4.79 Å². The van der Waals surface area contributed by atoms with Crippen molar-refractivity contribution in [2.24, 2.45) is 7.05 Å². The fourth-order valence-corrected chi connectivity index (χ4v) is 4.47. The predicted molar refractivity (Wildman–Crippen MR) is 98.6 cm³/mol. The quantitative estimate of drug-likeness (QED) is 0.781. The van der Waals surface area contributed by atoms with Gasteiger partial charge in [-0.3, -0.25) is 4.79 Å². The second-order valence-corrected chi connectivity index (χ2v) is 7.38. The molecule has 6 heteroatoms. The van der Waals surface area contributed by atoms with E-state index in [-0.39, 0.29) is 12.0 Å². The molecule has 0 bridgehead atoms. The van der Waals surface area contributed by atoms with Crippen LogP contribution in [-0.4, -0.2) is 22.1 Å². The van der Waals surface area contributed by atoms with Gasteiger partial charge in [-0.05, 0) is 42.0 Å². The summed E-state index contributed by atoms with van der Waals surface area (Å²) in [5.74, 6) is 0.856. The highest BCUT2D eigenvalue weighted by Gasteiger charge is 2.24. The maximum Gasteiger partial charge on any atom is 0.223 e. The Bertz CT molecular complexity index is 928. The first kappa shape index (κ1) is 16.3. The number of aryl methyl sites for hydroxylation is 2. The molecule has 1 amide bonds. The smallest absolute Gasteiger partial charge is 0.223 e. The first-order valence-corrected chi connectivity index (χ1v) is 9.37. The van der Waals surface area contributed by atoms with E-state index in [4.69, 9.17) is 4.74 Å². The average molecular weight is 355 g/mol. The standard InChI is InChI=1S/C19H21N3O2S/c1-12-4-3-5-14-18(12)22(2)16(21-14)11-20-17(23)10-15-19-13(6-8-24-15)7-9-25-19/h3-5,7,9,15H,6,8,10-11H2,1-2H3,(H,20,23)/t15-/m1/s1. The Labute approximate surface area is 150 Å². The fraction of sp³-hybridized carbons (Fsp3) is 0.368. The Kier molecular flexibility index (Phi) is 4.31. The third-order valence-electron chi connectivity index (χ3n) is 4.77. The molecular weight excluding hydrogens is 334 g/mol. The number of ether oxygens (including phenoxy) is 1. The molecule has 1 aliphatic heterocycles. The topological polar surface area (TPSA) is 56.1 Å². The second kappa shape index (κ2) is 6.61. The van der Waals surface area contributed by atoms with Crippen molar-refractivity contribution in [1.82, 2.24) is 14.9 Å². The third kappa shape index (κ3) is 3.07. The molecule has 3 heterocycles. The molecule has 0 aliphatic carbocycles. The van der Waals surface area contributed by atoms with Gasteiger partial charge in [0, 0.05) is 11.9 Å². The second-order valence-electron chi connectivity index (χ2n) is 6.43. The van der Waals surface area contributed by atoms with Crippen LogP contribution in [0.4, 0.5) is 0 Å². The van der Waals surface area contributed by atoms with Crippen molar-refractivity contribution in [1.29, 1.82) is 0 Å². The van der Waals surface area contributed by atoms with Gasteiger partial charge in [0.1, 0.15) is 11.9 Å². The van der Waals surface area contributed by atoms with Crippen LogP contribution >= 0.6 is 11.3 Å². The molecule has 1 aliphatic rings. The molecule has 1 atom stereocenters. The lowest BCUT2D eigenvalue weighted by molar-refractivity contribution is -0.124. The molecule has 1 aromatic carbocycles. The minimum absolute atomic E-state index is 0.00460. The van der Waals surface area contributed by atoms with E-state index < -0.39 is 0 Å². The monoisotopic (exact) mass is 355 g/mol. The summed E-state index contributed by atoms with van der Waals surface area (Å²) in [5, 5.41) is 5.07. The van der Waals surface area contributed by atoms with Crippen LogP contribution in [0.25, 0.3) is 11.0 Å². The van der Waals surface area contributed by atoms with Crippen LogP contribution in [0.15, 0.2) is 29.6 Å². The first-order valence-electron chi connectivity index (χ1n) is 8.49. The molecule has 0 unspecified atom stereocenters. The van der Waals surface area contributed by atoms with Gasteiger partial charge >= 0.3 is 0 Å². The van der Waals surface area contributed by atoms with Gasteiger partial charge in [0.25, 0.3) is 0 Å². The zero-order chi connectivity index (χ0) is 17.4. The van der Waals surface area contributed by atoms with E-state index in [0.717, 1.165) is 23.3 Å². The number of rotatable bonds is 4. The van der Waals surface area contributed by atoms with E-state index in [1.807, 2.05) is 19.2 Å². The maximum absolute atomic E-state index is 12.4. The Morgan fingerprint density at radius 2 is 2.32 bits per heavy atom. The van der Waals surface area contributed by atoms with Gasteiger partial charge in [0.2, 0.25) is 5.91 Å². The molecule has 0 saturated heterocycles. The molecule has 0 fully saturated rings. The number of thiophene rings is 1. The maximum atomic E-state index is 12.4. The van der Waals surface area contributed by atoms with Gasteiger partial charge in [-0.2, -0.15) is 0 Å². The highest BCUT2D eigenvalue weighted by Crippen LogP contribution is 2.33. The summed E-state index contributed by atoms with van der Waals surface area (Å²) in [5.41, 5.74) is 4.59. The summed E-state index contributed by atoms with van der Waals surface area (Å²) >= 11 is 1.68. The predicted octanol–water partition coefficient (Wildman–Crippen LogP) is 3.26. The van der Waals surface area contributed by atoms with Crippen molar-refractivity contribution >= 4 is 28.3 Å². The number of carbonyl (C=O) groups excluding carboxylic acids is 1. The third-order valence-corrected chi connectivity index (χ3v) is 5.82. The molecule has 0 spiro atoms. The average Bonchev–Trinajstić information content (AvgIpc) is 3.19. The molecule has 0 radical (unpaired) electrons. The first-order chi connectivity index (χ1) is 12.1. The number of hydrogen-bond donors (Lipinski definition) is 1. The molecule has 5 nitrogen and oxygen atoms in total. The van der Waals surface area contributed by atoms with E-state index in [0.29, 0.717) is 19.6 Å². The van der Waals surface area contributed by atoms with Crippen LogP contribution in [0.5, 0.6) is 0 Å². The summed E-state index contributed by atoms with van der Waals surface area (Å²) in [4.78, 5) is 18.2. The minimum Gasteiger partial charge on any atom is -0.372 e. The van der Waals surface area contributed by atoms with Crippen molar-refractivity contribution in [2.75, 3.05) is 6.61 Å². The molecular formula is C19H21N3O2S. The number of carbonyl (C=O) groups is 1. The van der Waals surface area contributed by atoms with Crippen LogP contribution in [-0.2, 0) is 29.5 Å². The lowest BCUT2D eigenvalue weighted by Gasteiger charge is -2.22. The highest BCUT2D eigenvalue weighted by molar-refractivity contribution is 7.10. The number of aromatic nitrogens is 2. The zero-order valence-corrected chi connectivity index (χ0v) is 15.2. The Morgan fingerprint density at radius 1 is 1.44 bits per heavy atom.